The molecule has 0 atom stereocenters. The molecule has 0 bridgehead atoms. The number of aryl methyl sites for hydroxylation is 1. The standard InChI is InChI=1S/C12H18O2S.C2H6/c1-8(2)12-7-11(15(5,13)14)6-9(3)10(12)4;1-2/h6-8H,1-5H3;1-2H3. The van der Waals surface area contributed by atoms with Crippen LogP contribution in [0.15, 0.2) is 17.0 Å². The van der Waals surface area contributed by atoms with Crippen molar-refractivity contribution < 1.29 is 8.42 Å². The van der Waals surface area contributed by atoms with Gasteiger partial charge in [0.1, 0.15) is 0 Å². The number of hydrogen-bond acceptors (Lipinski definition) is 2. The van der Waals surface area contributed by atoms with E-state index in [1.165, 1.54) is 11.8 Å². The lowest BCUT2D eigenvalue weighted by Gasteiger charge is -2.14. The van der Waals surface area contributed by atoms with Gasteiger partial charge in [-0.2, -0.15) is 0 Å². The molecule has 0 aliphatic carbocycles. The number of rotatable bonds is 2. The highest BCUT2D eigenvalue weighted by Crippen LogP contribution is 2.25. The van der Waals surface area contributed by atoms with Crippen molar-refractivity contribution in [2.24, 2.45) is 0 Å². The van der Waals surface area contributed by atoms with E-state index in [2.05, 4.69) is 13.8 Å². The van der Waals surface area contributed by atoms with Crippen molar-refractivity contribution in [3.8, 4) is 0 Å². The molecule has 1 aromatic rings. The first-order valence-electron chi connectivity index (χ1n) is 6.04. The predicted molar refractivity (Wildman–Crippen MR) is 74.5 cm³/mol. The SMILES string of the molecule is CC.Cc1cc(S(C)(=O)=O)cc(C(C)C)c1C. The molecule has 0 amide bonds. The van der Waals surface area contributed by atoms with E-state index in [0.717, 1.165) is 11.1 Å². The predicted octanol–water partition coefficient (Wildman–Crippen LogP) is 3.86. The van der Waals surface area contributed by atoms with Gasteiger partial charge in [0.15, 0.2) is 9.84 Å². The number of hydrogen-bond donors (Lipinski definition) is 0. The van der Waals surface area contributed by atoms with Gasteiger partial charge in [-0.1, -0.05) is 27.7 Å². The Morgan fingerprint density at radius 1 is 1.06 bits per heavy atom. The monoisotopic (exact) mass is 256 g/mol. The van der Waals surface area contributed by atoms with Crippen LogP contribution in [-0.4, -0.2) is 14.7 Å². The van der Waals surface area contributed by atoms with Crippen LogP contribution in [0, 0.1) is 13.8 Å². The molecule has 3 heteroatoms. The van der Waals surface area contributed by atoms with Crippen molar-refractivity contribution in [1.29, 1.82) is 0 Å². The topological polar surface area (TPSA) is 34.1 Å². The Morgan fingerprint density at radius 2 is 1.53 bits per heavy atom. The Balaban J connectivity index is 0.00000121. The van der Waals surface area contributed by atoms with Crippen LogP contribution in [0.2, 0.25) is 0 Å². The average molecular weight is 256 g/mol. The fraction of sp³-hybridized carbons (Fsp3) is 0.571. The zero-order chi connectivity index (χ0) is 13.8. The molecule has 0 saturated heterocycles. The van der Waals surface area contributed by atoms with Gasteiger partial charge in [-0.15, -0.1) is 0 Å². The fourth-order valence-corrected chi connectivity index (χ4v) is 2.40. The summed E-state index contributed by atoms with van der Waals surface area (Å²) < 4.78 is 22.9. The largest absolute Gasteiger partial charge is 0.224 e. The molecule has 0 aliphatic heterocycles. The molecule has 98 valence electrons. The molecule has 0 aliphatic rings. The van der Waals surface area contributed by atoms with Crippen LogP contribution in [0.5, 0.6) is 0 Å². The highest BCUT2D eigenvalue weighted by molar-refractivity contribution is 7.90. The van der Waals surface area contributed by atoms with E-state index in [0.29, 0.717) is 10.8 Å². The fourth-order valence-electron chi connectivity index (χ4n) is 1.67. The Morgan fingerprint density at radius 3 is 1.88 bits per heavy atom. The lowest BCUT2D eigenvalue weighted by atomic mass is 9.95. The van der Waals surface area contributed by atoms with Gasteiger partial charge >= 0.3 is 0 Å². The molecule has 0 unspecified atom stereocenters. The summed E-state index contributed by atoms with van der Waals surface area (Å²) in [4.78, 5) is 0.425. The summed E-state index contributed by atoms with van der Waals surface area (Å²) in [7, 11) is -3.10. The Bertz CT molecular complexity index is 471. The maximum absolute atomic E-state index is 11.5. The van der Waals surface area contributed by atoms with Crippen molar-refractivity contribution in [3.05, 3.63) is 28.8 Å². The second-order valence-corrected chi connectivity index (χ2v) is 6.40. The summed E-state index contributed by atoms with van der Waals surface area (Å²) in [6.45, 7) is 12.1. The van der Waals surface area contributed by atoms with Crippen molar-refractivity contribution in [1.82, 2.24) is 0 Å². The first kappa shape index (κ1) is 16.2. The van der Waals surface area contributed by atoms with Gasteiger partial charge in [0, 0.05) is 6.26 Å². The molecular formula is C14H24O2S. The third-order valence-electron chi connectivity index (χ3n) is 2.73. The van der Waals surface area contributed by atoms with Crippen molar-refractivity contribution in [2.75, 3.05) is 6.26 Å². The van der Waals surface area contributed by atoms with Crippen LogP contribution in [-0.2, 0) is 9.84 Å². The molecule has 2 nitrogen and oxygen atoms in total. The maximum atomic E-state index is 11.5. The van der Waals surface area contributed by atoms with E-state index in [1.54, 1.807) is 12.1 Å². The van der Waals surface area contributed by atoms with Gasteiger partial charge < -0.3 is 0 Å². The Kier molecular flexibility index (Phi) is 5.89. The van der Waals surface area contributed by atoms with Crippen LogP contribution in [0.4, 0.5) is 0 Å². The molecule has 0 saturated carbocycles. The van der Waals surface area contributed by atoms with E-state index in [-0.39, 0.29) is 0 Å². The van der Waals surface area contributed by atoms with Gasteiger partial charge in [0.25, 0.3) is 0 Å². The molecule has 1 aromatic carbocycles. The molecule has 0 heterocycles. The van der Waals surface area contributed by atoms with Gasteiger partial charge in [-0.3, -0.25) is 0 Å². The minimum Gasteiger partial charge on any atom is -0.224 e. The quantitative estimate of drug-likeness (QED) is 0.805. The summed E-state index contributed by atoms with van der Waals surface area (Å²) in [5.41, 5.74) is 3.36. The number of sulfone groups is 1. The van der Waals surface area contributed by atoms with E-state index in [9.17, 15) is 8.42 Å². The second kappa shape index (κ2) is 6.20. The minimum atomic E-state index is -3.10. The van der Waals surface area contributed by atoms with Gasteiger partial charge in [0.05, 0.1) is 4.90 Å². The molecule has 1 rings (SSSR count). The Labute approximate surface area is 106 Å². The lowest BCUT2D eigenvalue weighted by Crippen LogP contribution is -2.02. The van der Waals surface area contributed by atoms with Crippen LogP contribution in [0.3, 0.4) is 0 Å². The van der Waals surface area contributed by atoms with E-state index in [4.69, 9.17) is 0 Å². The van der Waals surface area contributed by atoms with E-state index < -0.39 is 9.84 Å². The first-order chi connectivity index (χ1) is 7.73. The molecule has 0 N–H and O–H groups in total. The Hall–Kier alpha value is -0.830. The zero-order valence-electron chi connectivity index (χ0n) is 12.0. The number of benzene rings is 1. The summed E-state index contributed by atoms with van der Waals surface area (Å²) in [6, 6.07) is 3.54. The smallest absolute Gasteiger partial charge is 0.175 e. The third-order valence-corrected chi connectivity index (χ3v) is 3.82. The van der Waals surface area contributed by atoms with Crippen LogP contribution >= 0.6 is 0 Å². The zero-order valence-corrected chi connectivity index (χ0v) is 12.8. The van der Waals surface area contributed by atoms with Crippen LogP contribution in [0.25, 0.3) is 0 Å². The van der Waals surface area contributed by atoms with Gasteiger partial charge in [-0.05, 0) is 48.6 Å². The van der Waals surface area contributed by atoms with Crippen molar-refractivity contribution >= 4 is 9.84 Å². The maximum Gasteiger partial charge on any atom is 0.175 e. The molecular weight excluding hydrogens is 232 g/mol. The third kappa shape index (κ3) is 4.15. The molecule has 17 heavy (non-hydrogen) atoms. The molecule has 0 spiro atoms. The average Bonchev–Trinajstić information content (AvgIpc) is 2.22. The summed E-state index contributed by atoms with van der Waals surface area (Å²) in [6.07, 6.45) is 1.25. The van der Waals surface area contributed by atoms with E-state index >= 15 is 0 Å². The lowest BCUT2D eigenvalue weighted by molar-refractivity contribution is 0.601. The summed E-state index contributed by atoms with van der Waals surface area (Å²) in [5, 5.41) is 0. The first-order valence-corrected chi connectivity index (χ1v) is 7.94. The minimum absolute atomic E-state index is 0.352. The van der Waals surface area contributed by atoms with Crippen LogP contribution < -0.4 is 0 Å². The summed E-state index contributed by atoms with van der Waals surface area (Å²) >= 11 is 0. The van der Waals surface area contributed by atoms with E-state index in [1.807, 2.05) is 27.7 Å². The van der Waals surface area contributed by atoms with Crippen LogP contribution in [0.1, 0.15) is 50.3 Å². The van der Waals surface area contributed by atoms with Gasteiger partial charge in [-0.25, -0.2) is 8.42 Å². The second-order valence-electron chi connectivity index (χ2n) is 4.38. The summed E-state index contributed by atoms with van der Waals surface area (Å²) in [5.74, 6) is 0.352. The van der Waals surface area contributed by atoms with Gasteiger partial charge in [0.2, 0.25) is 0 Å². The van der Waals surface area contributed by atoms with Crippen molar-refractivity contribution in [3.63, 3.8) is 0 Å². The molecule has 0 fully saturated rings. The highest BCUT2D eigenvalue weighted by atomic mass is 32.2. The highest BCUT2D eigenvalue weighted by Gasteiger charge is 2.13. The van der Waals surface area contributed by atoms with Crippen molar-refractivity contribution in [2.45, 2.75) is 52.4 Å². The molecule has 0 aromatic heterocycles. The molecule has 0 radical (unpaired) electrons. The normalized spacial score (nSPS) is 11.1.